The first-order chi connectivity index (χ1) is 7.79. The molecule has 0 radical (unpaired) electrons. The number of benzene rings is 1. The molecule has 2 aromatic rings. The number of aromatic nitrogens is 3. The van der Waals surface area contributed by atoms with Gasteiger partial charge < -0.3 is 15.8 Å². The lowest BCUT2D eigenvalue weighted by atomic mass is 10.3. The fraction of sp³-hybridized carbons (Fsp3) is 0.100. The van der Waals surface area contributed by atoms with Gasteiger partial charge in [0.1, 0.15) is 12.1 Å². The molecule has 0 spiro atoms. The lowest BCUT2D eigenvalue weighted by molar-refractivity contribution is 0.417. The van der Waals surface area contributed by atoms with Crippen molar-refractivity contribution in [2.45, 2.75) is 0 Å². The highest BCUT2D eigenvalue weighted by molar-refractivity contribution is 5.62. The smallest absolute Gasteiger partial charge is 0.232 e. The van der Waals surface area contributed by atoms with E-state index >= 15 is 0 Å². The van der Waals surface area contributed by atoms with E-state index in [9.17, 15) is 0 Å². The second-order valence-corrected chi connectivity index (χ2v) is 2.99. The van der Waals surface area contributed by atoms with Gasteiger partial charge in [0, 0.05) is 0 Å². The Morgan fingerprint density at radius 1 is 1.25 bits per heavy atom. The molecule has 0 aliphatic rings. The third-order valence-electron chi connectivity index (χ3n) is 1.94. The Balaban J connectivity index is 2.26. The molecule has 1 heterocycles. The van der Waals surface area contributed by atoms with Gasteiger partial charge in [-0.25, -0.2) is 9.97 Å². The van der Waals surface area contributed by atoms with Gasteiger partial charge in [-0.3, -0.25) is 0 Å². The Morgan fingerprint density at radius 3 is 2.81 bits per heavy atom. The monoisotopic (exact) mass is 217 g/mol. The topological polar surface area (TPSA) is 86.0 Å². The first kappa shape index (κ1) is 10.2. The number of nitrogens with zero attached hydrogens (tertiary/aromatic N) is 3. The van der Waals surface area contributed by atoms with Gasteiger partial charge in [0.2, 0.25) is 11.9 Å². The molecule has 2 rings (SSSR count). The summed E-state index contributed by atoms with van der Waals surface area (Å²) >= 11 is 0. The molecule has 0 fully saturated rings. The normalized spacial score (nSPS) is 9.81. The van der Waals surface area contributed by atoms with Gasteiger partial charge in [-0.2, -0.15) is 4.98 Å². The van der Waals surface area contributed by atoms with Crippen molar-refractivity contribution in [1.29, 1.82) is 0 Å². The summed E-state index contributed by atoms with van der Waals surface area (Å²) in [5.41, 5.74) is 6.22. The van der Waals surface area contributed by atoms with Gasteiger partial charge in [-0.1, -0.05) is 12.1 Å². The highest BCUT2D eigenvalue weighted by Crippen LogP contribution is 2.25. The van der Waals surface area contributed by atoms with Gasteiger partial charge in [-0.05, 0) is 12.1 Å². The van der Waals surface area contributed by atoms with E-state index in [1.54, 1.807) is 7.11 Å². The summed E-state index contributed by atoms with van der Waals surface area (Å²) < 4.78 is 5.18. The summed E-state index contributed by atoms with van der Waals surface area (Å²) in [6, 6.07) is 7.47. The molecule has 3 N–H and O–H groups in total. The number of rotatable bonds is 3. The fourth-order valence-corrected chi connectivity index (χ4v) is 1.24. The van der Waals surface area contributed by atoms with Crippen molar-refractivity contribution in [2.75, 3.05) is 18.2 Å². The summed E-state index contributed by atoms with van der Waals surface area (Å²) in [5.74, 6) is 1.27. The predicted molar refractivity (Wildman–Crippen MR) is 60.5 cm³/mol. The maximum Gasteiger partial charge on any atom is 0.232 e. The minimum absolute atomic E-state index is 0.174. The van der Waals surface area contributed by atoms with Crippen molar-refractivity contribution >= 4 is 17.6 Å². The molecular formula is C10H11N5O. The molecule has 0 saturated carbocycles. The summed E-state index contributed by atoms with van der Waals surface area (Å²) in [7, 11) is 1.60. The lowest BCUT2D eigenvalue weighted by Crippen LogP contribution is -2.02. The zero-order valence-electron chi connectivity index (χ0n) is 8.71. The minimum Gasteiger partial charge on any atom is -0.495 e. The maximum absolute atomic E-state index is 5.45. The van der Waals surface area contributed by atoms with Crippen molar-refractivity contribution < 1.29 is 4.74 Å². The Labute approximate surface area is 92.5 Å². The number of para-hydroxylation sites is 2. The number of hydrogen-bond donors (Lipinski definition) is 2. The predicted octanol–water partition coefficient (Wildman–Crippen LogP) is 1.21. The molecule has 1 aromatic carbocycles. The molecule has 0 saturated heterocycles. The number of hydrogen-bond acceptors (Lipinski definition) is 6. The van der Waals surface area contributed by atoms with Crippen LogP contribution in [-0.2, 0) is 0 Å². The second kappa shape index (κ2) is 4.43. The van der Waals surface area contributed by atoms with E-state index in [4.69, 9.17) is 10.5 Å². The fourth-order valence-electron chi connectivity index (χ4n) is 1.24. The molecule has 0 atom stereocenters. The van der Waals surface area contributed by atoms with Gasteiger partial charge in [0.15, 0.2) is 0 Å². The van der Waals surface area contributed by atoms with Crippen LogP contribution in [0, 0.1) is 0 Å². The average Bonchev–Trinajstić information content (AvgIpc) is 2.30. The molecule has 0 bridgehead atoms. The number of methoxy groups -OCH3 is 1. The van der Waals surface area contributed by atoms with Crippen molar-refractivity contribution in [1.82, 2.24) is 15.0 Å². The van der Waals surface area contributed by atoms with Crippen LogP contribution in [0.5, 0.6) is 5.75 Å². The van der Waals surface area contributed by atoms with Crippen molar-refractivity contribution in [3.63, 3.8) is 0 Å². The molecule has 6 nitrogen and oxygen atoms in total. The number of nitrogens with two attached hydrogens (primary N) is 1. The number of ether oxygens (including phenoxy) is 1. The molecule has 0 aliphatic carbocycles. The standard InChI is InChI=1S/C10H11N5O/c1-16-8-5-3-2-4-7(8)14-10-13-6-12-9(11)15-10/h2-6H,1H3,(H3,11,12,13,14,15). The van der Waals surface area contributed by atoms with Crippen molar-refractivity contribution in [2.24, 2.45) is 0 Å². The first-order valence-electron chi connectivity index (χ1n) is 4.64. The Hall–Kier alpha value is -2.37. The van der Waals surface area contributed by atoms with E-state index in [2.05, 4.69) is 20.3 Å². The van der Waals surface area contributed by atoms with Crippen LogP contribution in [-0.4, -0.2) is 22.1 Å². The van der Waals surface area contributed by atoms with Crippen molar-refractivity contribution in [3.05, 3.63) is 30.6 Å². The second-order valence-electron chi connectivity index (χ2n) is 2.99. The van der Waals surface area contributed by atoms with E-state index in [1.165, 1.54) is 6.33 Å². The Morgan fingerprint density at radius 2 is 2.06 bits per heavy atom. The summed E-state index contributed by atoms with van der Waals surface area (Å²) in [5, 5.41) is 3.00. The van der Waals surface area contributed by atoms with Crippen LogP contribution in [0.25, 0.3) is 0 Å². The Kier molecular flexibility index (Phi) is 2.81. The van der Waals surface area contributed by atoms with Gasteiger partial charge >= 0.3 is 0 Å². The quantitative estimate of drug-likeness (QED) is 0.803. The Bertz CT molecular complexity index is 488. The van der Waals surface area contributed by atoms with Crippen LogP contribution >= 0.6 is 0 Å². The van der Waals surface area contributed by atoms with Crippen molar-refractivity contribution in [3.8, 4) is 5.75 Å². The van der Waals surface area contributed by atoms with Gasteiger partial charge in [-0.15, -0.1) is 0 Å². The molecule has 6 heteroatoms. The van der Waals surface area contributed by atoms with Gasteiger partial charge in [0.05, 0.1) is 12.8 Å². The highest BCUT2D eigenvalue weighted by Gasteiger charge is 2.03. The number of nitrogens with one attached hydrogen (secondary N) is 1. The van der Waals surface area contributed by atoms with Crippen LogP contribution < -0.4 is 15.8 Å². The molecule has 0 amide bonds. The number of anilines is 3. The SMILES string of the molecule is COc1ccccc1Nc1ncnc(N)n1. The average molecular weight is 217 g/mol. The molecule has 1 aromatic heterocycles. The third kappa shape index (κ3) is 2.17. The summed E-state index contributed by atoms with van der Waals surface area (Å²) in [6.07, 6.45) is 1.35. The van der Waals surface area contributed by atoms with E-state index in [1.807, 2.05) is 24.3 Å². The van der Waals surface area contributed by atoms with E-state index in [0.29, 0.717) is 11.7 Å². The largest absolute Gasteiger partial charge is 0.495 e. The van der Waals surface area contributed by atoms with Crippen LogP contribution in [0.3, 0.4) is 0 Å². The first-order valence-corrected chi connectivity index (χ1v) is 4.64. The highest BCUT2D eigenvalue weighted by atomic mass is 16.5. The third-order valence-corrected chi connectivity index (χ3v) is 1.94. The van der Waals surface area contributed by atoms with Crippen LogP contribution in [0.15, 0.2) is 30.6 Å². The maximum atomic E-state index is 5.45. The van der Waals surface area contributed by atoms with Gasteiger partial charge in [0.25, 0.3) is 0 Å². The molecule has 82 valence electrons. The van der Waals surface area contributed by atoms with E-state index < -0.39 is 0 Å². The van der Waals surface area contributed by atoms with Crippen LogP contribution in [0.4, 0.5) is 17.6 Å². The molecular weight excluding hydrogens is 206 g/mol. The number of nitrogen functional groups attached to an aromatic ring is 1. The van der Waals surface area contributed by atoms with Crippen LogP contribution in [0.1, 0.15) is 0 Å². The summed E-state index contributed by atoms with van der Waals surface area (Å²) in [6.45, 7) is 0. The van der Waals surface area contributed by atoms with E-state index in [0.717, 1.165) is 5.69 Å². The van der Waals surface area contributed by atoms with E-state index in [-0.39, 0.29) is 5.95 Å². The molecule has 0 unspecified atom stereocenters. The molecule has 16 heavy (non-hydrogen) atoms. The zero-order chi connectivity index (χ0) is 11.4. The lowest BCUT2D eigenvalue weighted by Gasteiger charge is -2.08. The minimum atomic E-state index is 0.174. The summed E-state index contributed by atoms with van der Waals surface area (Å²) in [4.78, 5) is 11.6. The van der Waals surface area contributed by atoms with Crippen LogP contribution in [0.2, 0.25) is 0 Å². The molecule has 0 aliphatic heterocycles. The zero-order valence-corrected chi connectivity index (χ0v) is 8.71.